The number of anilines is 1. The molecule has 3 N–H and O–H groups in total. The van der Waals surface area contributed by atoms with Gasteiger partial charge in [-0.15, -0.1) is 0 Å². The van der Waals surface area contributed by atoms with Gasteiger partial charge in [0.25, 0.3) is 5.56 Å². The minimum Gasteiger partial charge on any atom is -0.504 e. The van der Waals surface area contributed by atoms with E-state index in [1.165, 1.54) is 24.9 Å². The number of nitrogens with zero attached hydrogens (tertiary/aromatic N) is 1. The predicted molar refractivity (Wildman–Crippen MR) is 136 cm³/mol. The second-order valence-corrected chi connectivity index (χ2v) is 10.7. The lowest BCUT2D eigenvalue weighted by Gasteiger charge is -2.38. The molecular weight excluding hydrogens is 462 g/mol. The van der Waals surface area contributed by atoms with Gasteiger partial charge in [0.15, 0.2) is 22.4 Å². The fourth-order valence-electron chi connectivity index (χ4n) is 4.89. The molecule has 3 aromatic rings. The summed E-state index contributed by atoms with van der Waals surface area (Å²) in [4.78, 5) is 34.5. The molecule has 1 atom stereocenters. The molecule has 0 radical (unpaired) electrons. The van der Waals surface area contributed by atoms with Crippen molar-refractivity contribution in [1.82, 2.24) is 9.97 Å². The number of aromatic amines is 1. The molecule has 1 aliphatic heterocycles. The number of carbonyl (C=O) groups excluding carboxylic acids is 1. The van der Waals surface area contributed by atoms with Gasteiger partial charge in [0.05, 0.1) is 12.7 Å². The van der Waals surface area contributed by atoms with Crippen LogP contribution in [0.5, 0.6) is 11.5 Å². The number of phenols is 1. The highest BCUT2D eigenvalue weighted by molar-refractivity contribution is 7.98. The number of nitrogens with one attached hydrogen (secondary N) is 2. The van der Waals surface area contributed by atoms with Gasteiger partial charge < -0.3 is 20.1 Å². The lowest BCUT2D eigenvalue weighted by atomic mass is 9.69. The standard InChI is InChI=1S/C27H27N3O4S/c1-27(2)12-17-22(19(32)13-27)21(16-9-10-18(31)20(11-16)34-3)23-24(28-17)29-26(30-25(23)33)35-14-15-7-5-4-6-8-15/h4-11,21,31H,12-14H2,1-3H3,(H2,28,29,30,33). The largest absolute Gasteiger partial charge is 0.504 e. The number of methoxy groups -OCH3 is 1. The Morgan fingerprint density at radius 3 is 2.66 bits per heavy atom. The zero-order valence-corrected chi connectivity index (χ0v) is 20.7. The molecule has 5 rings (SSSR count). The van der Waals surface area contributed by atoms with E-state index in [0.717, 1.165) is 11.3 Å². The summed E-state index contributed by atoms with van der Waals surface area (Å²) in [5.74, 6) is 0.812. The van der Waals surface area contributed by atoms with E-state index >= 15 is 0 Å². The van der Waals surface area contributed by atoms with E-state index in [9.17, 15) is 14.7 Å². The SMILES string of the molecule is COc1cc(C2C3=C(CC(C)(C)CC3=O)Nc3nc(SCc4ccccc4)[nH]c(=O)c32)ccc1O. The van der Waals surface area contributed by atoms with Gasteiger partial charge in [0, 0.05) is 29.4 Å². The minimum absolute atomic E-state index is 0.00425. The van der Waals surface area contributed by atoms with E-state index in [2.05, 4.69) is 24.1 Å². The van der Waals surface area contributed by atoms with Crippen LogP contribution in [0.4, 0.5) is 5.82 Å². The molecule has 1 aromatic heterocycles. The number of H-pyrrole nitrogens is 1. The van der Waals surface area contributed by atoms with Crippen molar-refractivity contribution in [2.75, 3.05) is 12.4 Å². The topological polar surface area (TPSA) is 104 Å². The van der Waals surface area contributed by atoms with Crippen LogP contribution in [0.1, 0.15) is 49.3 Å². The first-order chi connectivity index (χ1) is 16.8. The summed E-state index contributed by atoms with van der Waals surface area (Å²) in [5, 5.41) is 14.0. The van der Waals surface area contributed by atoms with Gasteiger partial charge in [-0.25, -0.2) is 4.98 Å². The van der Waals surface area contributed by atoms with Crippen molar-refractivity contribution in [3.63, 3.8) is 0 Å². The van der Waals surface area contributed by atoms with Crippen LogP contribution in [0.25, 0.3) is 0 Å². The number of allylic oxidation sites excluding steroid dienone is 2. The van der Waals surface area contributed by atoms with E-state index in [4.69, 9.17) is 9.72 Å². The third-order valence-electron chi connectivity index (χ3n) is 6.46. The second-order valence-electron chi connectivity index (χ2n) is 9.73. The minimum atomic E-state index is -0.608. The van der Waals surface area contributed by atoms with Gasteiger partial charge in [-0.2, -0.15) is 0 Å². The maximum Gasteiger partial charge on any atom is 0.257 e. The normalized spacial score (nSPS) is 18.5. The Hall–Kier alpha value is -3.52. The van der Waals surface area contributed by atoms with Crippen LogP contribution in [-0.2, 0) is 10.5 Å². The number of aromatic hydroxyl groups is 1. The van der Waals surface area contributed by atoms with Crippen molar-refractivity contribution >= 4 is 23.4 Å². The Kier molecular flexibility index (Phi) is 5.92. The van der Waals surface area contributed by atoms with Crippen molar-refractivity contribution in [2.45, 2.75) is 43.5 Å². The van der Waals surface area contributed by atoms with Gasteiger partial charge in [-0.05, 0) is 35.1 Å². The van der Waals surface area contributed by atoms with Gasteiger partial charge in [0.2, 0.25) is 0 Å². The molecule has 0 fully saturated rings. The number of rotatable bonds is 5. The number of thioether (sulfide) groups is 1. The molecule has 2 heterocycles. The molecule has 0 saturated carbocycles. The zero-order valence-electron chi connectivity index (χ0n) is 19.8. The number of phenolic OH excluding ortho intramolecular Hbond substituents is 1. The summed E-state index contributed by atoms with van der Waals surface area (Å²) < 4.78 is 5.31. The van der Waals surface area contributed by atoms with E-state index in [1.807, 2.05) is 30.3 Å². The van der Waals surface area contributed by atoms with E-state index in [-0.39, 0.29) is 28.3 Å². The summed E-state index contributed by atoms with van der Waals surface area (Å²) in [6.45, 7) is 4.13. The van der Waals surface area contributed by atoms with Crippen LogP contribution in [0.3, 0.4) is 0 Å². The summed E-state index contributed by atoms with van der Waals surface area (Å²) in [6, 6.07) is 14.9. The van der Waals surface area contributed by atoms with Crippen LogP contribution in [-0.4, -0.2) is 28.0 Å². The first-order valence-electron chi connectivity index (χ1n) is 11.5. The lowest BCUT2D eigenvalue weighted by molar-refractivity contribution is -0.118. The molecule has 0 bridgehead atoms. The average molecular weight is 490 g/mol. The summed E-state index contributed by atoms with van der Waals surface area (Å²) in [5.41, 5.74) is 3.11. The number of ether oxygens (including phenoxy) is 1. The van der Waals surface area contributed by atoms with E-state index in [0.29, 0.717) is 46.3 Å². The molecule has 1 unspecified atom stereocenters. The van der Waals surface area contributed by atoms with Crippen molar-refractivity contribution < 1.29 is 14.6 Å². The summed E-state index contributed by atoms with van der Waals surface area (Å²) in [6.07, 6.45) is 1.06. The first-order valence-corrected chi connectivity index (χ1v) is 12.5. The van der Waals surface area contributed by atoms with Crippen molar-refractivity contribution in [1.29, 1.82) is 0 Å². The smallest absolute Gasteiger partial charge is 0.257 e. The monoisotopic (exact) mass is 489 g/mol. The average Bonchev–Trinajstić information content (AvgIpc) is 2.81. The van der Waals surface area contributed by atoms with Crippen molar-refractivity contribution in [2.24, 2.45) is 5.41 Å². The third kappa shape index (κ3) is 4.46. The van der Waals surface area contributed by atoms with E-state index < -0.39 is 5.92 Å². The quantitative estimate of drug-likeness (QED) is 0.343. The fraction of sp³-hybridized carbons (Fsp3) is 0.296. The third-order valence-corrected chi connectivity index (χ3v) is 7.40. The first kappa shape index (κ1) is 23.2. The van der Waals surface area contributed by atoms with Gasteiger partial charge >= 0.3 is 0 Å². The second kappa shape index (κ2) is 8.92. The van der Waals surface area contributed by atoms with E-state index in [1.54, 1.807) is 12.1 Å². The number of ketones is 1. The van der Waals surface area contributed by atoms with Gasteiger partial charge in [-0.3, -0.25) is 9.59 Å². The number of fused-ring (bicyclic) bond motifs is 1. The summed E-state index contributed by atoms with van der Waals surface area (Å²) in [7, 11) is 1.47. The molecule has 35 heavy (non-hydrogen) atoms. The Balaban J connectivity index is 1.62. The summed E-state index contributed by atoms with van der Waals surface area (Å²) >= 11 is 1.45. The molecule has 1 aliphatic carbocycles. The van der Waals surface area contributed by atoms with Crippen LogP contribution in [0.15, 0.2) is 69.8 Å². The number of benzene rings is 2. The lowest BCUT2D eigenvalue weighted by Crippen LogP contribution is -2.37. The van der Waals surface area contributed by atoms with Gasteiger partial charge in [0.1, 0.15) is 5.82 Å². The number of aromatic nitrogens is 2. The highest BCUT2D eigenvalue weighted by Gasteiger charge is 2.42. The van der Waals surface area contributed by atoms with Crippen LogP contribution < -0.4 is 15.6 Å². The molecule has 8 heteroatoms. The zero-order chi connectivity index (χ0) is 24.7. The maximum absolute atomic E-state index is 13.4. The molecule has 0 saturated heterocycles. The molecule has 2 aromatic carbocycles. The number of hydrogen-bond donors (Lipinski definition) is 3. The number of Topliss-reactive ketones (excluding diaryl/α,β-unsaturated/α-hetero) is 1. The molecule has 7 nitrogen and oxygen atoms in total. The molecule has 180 valence electrons. The highest BCUT2D eigenvalue weighted by atomic mass is 32.2. The van der Waals surface area contributed by atoms with Crippen molar-refractivity contribution in [3.8, 4) is 11.5 Å². The van der Waals surface area contributed by atoms with Gasteiger partial charge in [-0.1, -0.05) is 62.0 Å². The van der Waals surface area contributed by atoms with Crippen LogP contribution in [0.2, 0.25) is 0 Å². The Morgan fingerprint density at radius 2 is 1.91 bits per heavy atom. The molecular formula is C27H27N3O4S. The predicted octanol–water partition coefficient (Wildman–Crippen LogP) is 4.98. The molecule has 2 aliphatic rings. The molecule has 0 spiro atoms. The Bertz CT molecular complexity index is 1400. The highest BCUT2D eigenvalue weighted by Crippen LogP contribution is 2.48. The number of hydrogen-bond acceptors (Lipinski definition) is 7. The number of carbonyl (C=O) groups is 1. The fourth-order valence-corrected chi connectivity index (χ4v) is 5.71. The Morgan fingerprint density at radius 1 is 1.14 bits per heavy atom. The Labute approximate surface area is 207 Å². The van der Waals surface area contributed by atoms with Crippen LogP contribution >= 0.6 is 11.8 Å². The maximum atomic E-state index is 13.4. The van der Waals surface area contributed by atoms with Crippen molar-refractivity contribution in [3.05, 3.63) is 86.8 Å². The molecule has 0 amide bonds. The van der Waals surface area contributed by atoms with Crippen LogP contribution in [0, 0.1) is 5.41 Å².